The summed E-state index contributed by atoms with van der Waals surface area (Å²) in [4.78, 5) is 17.1. The van der Waals surface area contributed by atoms with Crippen molar-refractivity contribution in [1.82, 2.24) is 9.80 Å². The fourth-order valence-electron chi connectivity index (χ4n) is 4.68. The van der Waals surface area contributed by atoms with Crippen molar-refractivity contribution in [2.24, 2.45) is 5.41 Å². The van der Waals surface area contributed by atoms with Crippen LogP contribution < -0.4 is 4.74 Å². The smallest absolute Gasteiger partial charge is 0.260 e. The molecule has 1 saturated carbocycles. The zero-order valence-corrected chi connectivity index (χ0v) is 14.9. The summed E-state index contributed by atoms with van der Waals surface area (Å²) in [5, 5.41) is 0. The van der Waals surface area contributed by atoms with Gasteiger partial charge in [-0.2, -0.15) is 0 Å². The van der Waals surface area contributed by atoms with Crippen LogP contribution in [-0.4, -0.2) is 67.7 Å². The van der Waals surface area contributed by atoms with Crippen LogP contribution in [0.1, 0.15) is 25.7 Å². The van der Waals surface area contributed by atoms with E-state index in [-0.39, 0.29) is 12.5 Å². The SMILES string of the molecule is O=C(COc1ccccc1)N1CCC2(CCC2N2CCOCC2)CC1. The Morgan fingerprint density at radius 3 is 2.44 bits per heavy atom. The molecule has 0 bridgehead atoms. The molecule has 1 amide bonds. The van der Waals surface area contributed by atoms with Gasteiger partial charge in [0.25, 0.3) is 5.91 Å². The summed E-state index contributed by atoms with van der Waals surface area (Å²) >= 11 is 0. The van der Waals surface area contributed by atoms with Crippen molar-refractivity contribution < 1.29 is 14.3 Å². The maximum Gasteiger partial charge on any atom is 0.260 e. The molecule has 136 valence electrons. The number of hydrogen-bond acceptors (Lipinski definition) is 4. The minimum absolute atomic E-state index is 0.112. The lowest BCUT2D eigenvalue weighted by atomic mass is 9.58. The Morgan fingerprint density at radius 1 is 1.08 bits per heavy atom. The summed E-state index contributed by atoms with van der Waals surface area (Å²) in [5.41, 5.74) is 0.439. The van der Waals surface area contributed by atoms with Gasteiger partial charge in [0.05, 0.1) is 13.2 Å². The summed E-state index contributed by atoms with van der Waals surface area (Å²) in [6.45, 7) is 5.77. The number of morpholine rings is 1. The summed E-state index contributed by atoms with van der Waals surface area (Å²) in [6.07, 6.45) is 4.89. The van der Waals surface area contributed by atoms with Gasteiger partial charge in [-0.05, 0) is 43.2 Å². The fraction of sp³-hybridized carbons (Fsp3) is 0.650. The van der Waals surface area contributed by atoms with Crippen molar-refractivity contribution in [1.29, 1.82) is 0 Å². The second-order valence-electron chi connectivity index (χ2n) is 7.55. The molecule has 5 nitrogen and oxygen atoms in total. The van der Waals surface area contributed by atoms with E-state index in [2.05, 4.69) is 4.90 Å². The first-order chi connectivity index (χ1) is 12.3. The molecular weight excluding hydrogens is 316 g/mol. The number of rotatable bonds is 4. The number of carbonyl (C=O) groups is 1. The lowest BCUT2D eigenvalue weighted by molar-refractivity contribution is -0.141. The van der Waals surface area contributed by atoms with Crippen LogP contribution in [0.15, 0.2) is 30.3 Å². The molecule has 1 aromatic rings. The molecule has 2 saturated heterocycles. The van der Waals surface area contributed by atoms with E-state index in [0.717, 1.165) is 58.0 Å². The Bertz CT molecular complexity index is 578. The zero-order valence-electron chi connectivity index (χ0n) is 14.9. The first-order valence-electron chi connectivity index (χ1n) is 9.54. The second-order valence-corrected chi connectivity index (χ2v) is 7.55. The first kappa shape index (κ1) is 16.9. The number of carbonyl (C=O) groups excluding carboxylic acids is 1. The fourth-order valence-corrected chi connectivity index (χ4v) is 4.68. The van der Waals surface area contributed by atoms with Gasteiger partial charge in [-0.15, -0.1) is 0 Å². The van der Waals surface area contributed by atoms with Crippen LogP contribution in [0.4, 0.5) is 0 Å². The number of para-hydroxylation sites is 1. The number of nitrogens with zero attached hydrogens (tertiary/aromatic N) is 2. The number of piperidine rings is 1. The molecule has 2 aliphatic heterocycles. The predicted octanol–water partition coefficient (Wildman–Crippen LogP) is 2.17. The third-order valence-electron chi connectivity index (χ3n) is 6.33. The molecule has 3 aliphatic rings. The highest BCUT2D eigenvalue weighted by Crippen LogP contribution is 2.51. The van der Waals surface area contributed by atoms with E-state index in [9.17, 15) is 4.79 Å². The highest BCUT2D eigenvalue weighted by molar-refractivity contribution is 5.77. The molecule has 1 atom stereocenters. The number of benzene rings is 1. The van der Waals surface area contributed by atoms with Crippen LogP contribution in [0.25, 0.3) is 0 Å². The van der Waals surface area contributed by atoms with Crippen LogP contribution in [0.3, 0.4) is 0 Å². The van der Waals surface area contributed by atoms with Crippen molar-refractivity contribution >= 4 is 5.91 Å². The van der Waals surface area contributed by atoms with Gasteiger partial charge in [0.15, 0.2) is 6.61 Å². The van der Waals surface area contributed by atoms with Crippen molar-refractivity contribution in [2.75, 3.05) is 46.0 Å². The van der Waals surface area contributed by atoms with Crippen LogP contribution in [0, 0.1) is 5.41 Å². The number of amides is 1. The highest BCUT2D eigenvalue weighted by atomic mass is 16.5. The van der Waals surface area contributed by atoms with E-state index in [1.165, 1.54) is 12.8 Å². The lowest BCUT2D eigenvalue weighted by Crippen LogP contribution is -2.61. The molecule has 0 N–H and O–H groups in total. The average molecular weight is 344 g/mol. The Hall–Kier alpha value is -1.59. The van der Waals surface area contributed by atoms with Gasteiger partial charge in [-0.1, -0.05) is 18.2 Å². The van der Waals surface area contributed by atoms with E-state index >= 15 is 0 Å². The lowest BCUT2D eigenvalue weighted by Gasteiger charge is -2.58. The third kappa shape index (κ3) is 3.53. The van der Waals surface area contributed by atoms with Crippen LogP contribution in [-0.2, 0) is 9.53 Å². The van der Waals surface area contributed by atoms with E-state index < -0.39 is 0 Å². The molecule has 3 fully saturated rings. The minimum Gasteiger partial charge on any atom is -0.484 e. The molecule has 4 rings (SSSR count). The first-order valence-corrected chi connectivity index (χ1v) is 9.54. The molecule has 2 heterocycles. The molecule has 0 aromatic heterocycles. The van der Waals surface area contributed by atoms with E-state index in [4.69, 9.17) is 9.47 Å². The third-order valence-corrected chi connectivity index (χ3v) is 6.33. The van der Waals surface area contributed by atoms with Gasteiger partial charge >= 0.3 is 0 Å². The molecule has 25 heavy (non-hydrogen) atoms. The largest absolute Gasteiger partial charge is 0.484 e. The molecule has 1 aliphatic carbocycles. The Kier molecular flexibility index (Phi) is 4.95. The Morgan fingerprint density at radius 2 is 1.80 bits per heavy atom. The summed E-state index contributed by atoms with van der Waals surface area (Å²) in [7, 11) is 0. The van der Waals surface area contributed by atoms with Gasteiger partial charge in [0.1, 0.15) is 5.75 Å². The second kappa shape index (κ2) is 7.34. The zero-order chi connectivity index (χ0) is 17.1. The van der Waals surface area contributed by atoms with Crippen molar-refractivity contribution in [3.05, 3.63) is 30.3 Å². The van der Waals surface area contributed by atoms with Gasteiger partial charge < -0.3 is 14.4 Å². The van der Waals surface area contributed by atoms with Crippen LogP contribution in [0.2, 0.25) is 0 Å². The van der Waals surface area contributed by atoms with Gasteiger partial charge in [-0.3, -0.25) is 9.69 Å². The molecule has 0 radical (unpaired) electrons. The molecule has 1 spiro atoms. The standard InChI is InChI=1S/C20H28N2O3/c23-19(16-25-17-4-2-1-3-5-17)22-10-8-20(9-11-22)7-6-18(20)21-12-14-24-15-13-21/h1-5,18H,6-16H2. The van der Waals surface area contributed by atoms with E-state index in [0.29, 0.717) is 11.5 Å². The Balaban J connectivity index is 1.27. The minimum atomic E-state index is 0.112. The van der Waals surface area contributed by atoms with Gasteiger partial charge in [0, 0.05) is 32.2 Å². The van der Waals surface area contributed by atoms with E-state index in [1.807, 2.05) is 35.2 Å². The maximum absolute atomic E-state index is 12.4. The predicted molar refractivity (Wildman–Crippen MR) is 95.6 cm³/mol. The van der Waals surface area contributed by atoms with Crippen LogP contribution >= 0.6 is 0 Å². The summed E-state index contributed by atoms with van der Waals surface area (Å²) < 4.78 is 11.1. The number of hydrogen-bond donors (Lipinski definition) is 0. The molecule has 1 aromatic carbocycles. The van der Waals surface area contributed by atoms with E-state index in [1.54, 1.807) is 0 Å². The summed E-state index contributed by atoms with van der Waals surface area (Å²) in [5.74, 6) is 0.872. The van der Waals surface area contributed by atoms with Crippen molar-refractivity contribution in [2.45, 2.75) is 31.7 Å². The molecular formula is C20H28N2O3. The van der Waals surface area contributed by atoms with Gasteiger partial charge in [0.2, 0.25) is 0 Å². The Labute approximate surface area is 149 Å². The van der Waals surface area contributed by atoms with Crippen molar-refractivity contribution in [3.8, 4) is 5.75 Å². The topological polar surface area (TPSA) is 42.0 Å². The monoisotopic (exact) mass is 344 g/mol. The van der Waals surface area contributed by atoms with Crippen LogP contribution in [0.5, 0.6) is 5.75 Å². The molecule has 1 unspecified atom stereocenters. The quantitative estimate of drug-likeness (QED) is 0.839. The van der Waals surface area contributed by atoms with Gasteiger partial charge in [-0.25, -0.2) is 0 Å². The number of ether oxygens (including phenoxy) is 2. The van der Waals surface area contributed by atoms with Crippen molar-refractivity contribution in [3.63, 3.8) is 0 Å². The number of likely N-dealkylation sites (tertiary alicyclic amines) is 1. The normalized spacial score (nSPS) is 26.2. The summed E-state index contributed by atoms with van der Waals surface area (Å²) in [6, 6.07) is 10.3. The highest BCUT2D eigenvalue weighted by Gasteiger charge is 2.50. The molecule has 5 heteroatoms. The maximum atomic E-state index is 12.4. The average Bonchev–Trinajstić information content (AvgIpc) is 2.67.